The SMILES string of the molecule is CN1CCCC1CN(C)C(CN)c1ccsc1. The molecule has 3 nitrogen and oxygen atoms in total. The molecule has 4 heteroatoms. The predicted molar refractivity (Wildman–Crippen MR) is 74.4 cm³/mol. The van der Waals surface area contributed by atoms with Gasteiger partial charge in [0.05, 0.1) is 0 Å². The van der Waals surface area contributed by atoms with Gasteiger partial charge in [-0.2, -0.15) is 11.3 Å². The number of rotatable bonds is 5. The third-order valence-electron chi connectivity index (χ3n) is 3.85. The summed E-state index contributed by atoms with van der Waals surface area (Å²) in [5.74, 6) is 0. The Hall–Kier alpha value is -0.420. The quantitative estimate of drug-likeness (QED) is 0.868. The molecule has 0 aromatic carbocycles. The van der Waals surface area contributed by atoms with Crippen LogP contribution in [0.5, 0.6) is 0 Å². The molecule has 1 fully saturated rings. The van der Waals surface area contributed by atoms with E-state index in [0.29, 0.717) is 18.6 Å². The van der Waals surface area contributed by atoms with E-state index >= 15 is 0 Å². The Bertz CT molecular complexity index is 325. The van der Waals surface area contributed by atoms with Crippen molar-refractivity contribution in [2.75, 3.05) is 33.7 Å². The average molecular weight is 253 g/mol. The van der Waals surface area contributed by atoms with Crippen LogP contribution in [0.4, 0.5) is 0 Å². The zero-order valence-electron chi connectivity index (χ0n) is 10.8. The van der Waals surface area contributed by atoms with Crippen LogP contribution in [0.1, 0.15) is 24.4 Å². The molecule has 17 heavy (non-hydrogen) atoms. The van der Waals surface area contributed by atoms with Gasteiger partial charge in [-0.3, -0.25) is 4.90 Å². The zero-order valence-corrected chi connectivity index (χ0v) is 11.6. The molecule has 0 aliphatic carbocycles. The van der Waals surface area contributed by atoms with E-state index in [1.54, 1.807) is 11.3 Å². The molecule has 1 aromatic rings. The Labute approximate surface area is 108 Å². The highest BCUT2D eigenvalue weighted by atomic mass is 32.1. The fourth-order valence-corrected chi connectivity index (χ4v) is 3.41. The van der Waals surface area contributed by atoms with E-state index < -0.39 is 0 Å². The molecule has 0 saturated carbocycles. The lowest BCUT2D eigenvalue weighted by atomic mass is 10.1. The van der Waals surface area contributed by atoms with Crippen molar-refractivity contribution in [1.82, 2.24) is 9.80 Å². The summed E-state index contributed by atoms with van der Waals surface area (Å²) in [7, 11) is 4.43. The van der Waals surface area contributed by atoms with Crippen molar-refractivity contribution in [1.29, 1.82) is 0 Å². The summed E-state index contributed by atoms with van der Waals surface area (Å²) in [5, 5.41) is 4.35. The molecule has 2 unspecified atom stereocenters. The van der Waals surface area contributed by atoms with Gasteiger partial charge < -0.3 is 10.6 Å². The molecule has 0 radical (unpaired) electrons. The standard InChI is InChI=1S/C13H23N3S/c1-15-6-3-4-12(15)9-16(2)13(8-14)11-5-7-17-10-11/h5,7,10,12-13H,3-4,6,8-9,14H2,1-2H3. The van der Waals surface area contributed by atoms with Crippen LogP contribution in [0.3, 0.4) is 0 Å². The molecule has 1 saturated heterocycles. The molecular formula is C13H23N3S. The summed E-state index contributed by atoms with van der Waals surface area (Å²) in [5.41, 5.74) is 7.28. The smallest absolute Gasteiger partial charge is 0.0476 e. The molecular weight excluding hydrogens is 230 g/mol. The van der Waals surface area contributed by atoms with E-state index in [0.717, 1.165) is 6.54 Å². The van der Waals surface area contributed by atoms with E-state index in [4.69, 9.17) is 5.73 Å². The maximum Gasteiger partial charge on any atom is 0.0476 e. The van der Waals surface area contributed by atoms with Crippen molar-refractivity contribution in [3.8, 4) is 0 Å². The van der Waals surface area contributed by atoms with Gasteiger partial charge in [0, 0.05) is 25.2 Å². The normalized spacial score (nSPS) is 23.4. The van der Waals surface area contributed by atoms with Gasteiger partial charge >= 0.3 is 0 Å². The molecule has 1 aromatic heterocycles. The van der Waals surface area contributed by atoms with Crippen molar-refractivity contribution in [3.05, 3.63) is 22.4 Å². The van der Waals surface area contributed by atoms with Crippen LogP contribution in [0, 0.1) is 0 Å². The lowest BCUT2D eigenvalue weighted by molar-refractivity contribution is 0.180. The zero-order chi connectivity index (χ0) is 12.3. The number of likely N-dealkylation sites (tertiary alicyclic amines) is 1. The monoisotopic (exact) mass is 253 g/mol. The highest BCUT2D eigenvalue weighted by Crippen LogP contribution is 2.23. The minimum Gasteiger partial charge on any atom is -0.329 e. The first-order chi connectivity index (χ1) is 8.22. The molecule has 2 N–H and O–H groups in total. The van der Waals surface area contributed by atoms with E-state index in [-0.39, 0.29) is 0 Å². The number of hydrogen-bond donors (Lipinski definition) is 1. The fourth-order valence-electron chi connectivity index (χ4n) is 2.70. The Morgan fingerprint density at radius 3 is 3.00 bits per heavy atom. The van der Waals surface area contributed by atoms with Crippen LogP contribution in [-0.4, -0.2) is 49.6 Å². The first kappa shape index (κ1) is 13.0. The Kier molecular flexibility index (Phi) is 4.56. The predicted octanol–water partition coefficient (Wildman–Crippen LogP) is 1.77. The largest absolute Gasteiger partial charge is 0.329 e. The Morgan fingerprint density at radius 1 is 1.65 bits per heavy atom. The van der Waals surface area contributed by atoms with Crippen LogP contribution in [-0.2, 0) is 0 Å². The summed E-state index contributed by atoms with van der Waals surface area (Å²) >= 11 is 1.75. The second kappa shape index (κ2) is 5.96. The van der Waals surface area contributed by atoms with Crippen LogP contribution in [0.15, 0.2) is 16.8 Å². The minimum atomic E-state index is 0.371. The maximum atomic E-state index is 5.92. The van der Waals surface area contributed by atoms with Crippen molar-refractivity contribution in [2.45, 2.75) is 24.9 Å². The molecule has 1 aliphatic heterocycles. The maximum absolute atomic E-state index is 5.92. The lowest BCUT2D eigenvalue weighted by Gasteiger charge is -2.31. The van der Waals surface area contributed by atoms with Crippen LogP contribution < -0.4 is 5.73 Å². The second-order valence-corrected chi connectivity index (χ2v) is 5.80. The average Bonchev–Trinajstić information content (AvgIpc) is 2.93. The molecule has 2 atom stereocenters. The van der Waals surface area contributed by atoms with E-state index in [1.165, 1.54) is 24.9 Å². The van der Waals surface area contributed by atoms with Gasteiger partial charge in [-0.05, 0) is 55.9 Å². The van der Waals surface area contributed by atoms with Crippen LogP contribution in [0.25, 0.3) is 0 Å². The van der Waals surface area contributed by atoms with Gasteiger partial charge in [-0.15, -0.1) is 0 Å². The fraction of sp³-hybridized carbons (Fsp3) is 0.692. The van der Waals surface area contributed by atoms with E-state index in [1.807, 2.05) is 0 Å². The van der Waals surface area contributed by atoms with Gasteiger partial charge in [0.1, 0.15) is 0 Å². The summed E-state index contributed by atoms with van der Waals surface area (Å²) < 4.78 is 0. The number of nitrogens with zero attached hydrogens (tertiary/aromatic N) is 2. The van der Waals surface area contributed by atoms with Crippen LogP contribution >= 0.6 is 11.3 Å². The summed E-state index contributed by atoms with van der Waals surface area (Å²) in [6.45, 7) is 3.06. The highest BCUT2D eigenvalue weighted by molar-refractivity contribution is 7.07. The van der Waals surface area contributed by atoms with Gasteiger partial charge in [0.2, 0.25) is 0 Å². The van der Waals surface area contributed by atoms with Gasteiger partial charge in [0.15, 0.2) is 0 Å². The highest BCUT2D eigenvalue weighted by Gasteiger charge is 2.25. The number of hydrogen-bond acceptors (Lipinski definition) is 4. The third kappa shape index (κ3) is 3.07. The van der Waals surface area contributed by atoms with Crippen molar-refractivity contribution < 1.29 is 0 Å². The van der Waals surface area contributed by atoms with Crippen molar-refractivity contribution >= 4 is 11.3 Å². The molecule has 2 rings (SSSR count). The van der Waals surface area contributed by atoms with Crippen LogP contribution in [0.2, 0.25) is 0 Å². The molecule has 1 aliphatic rings. The second-order valence-electron chi connectivity index (χ2n) is 5.02. The topological polar surface area (TPSA) is 32.5 Å². The molecule has 0 amide bonds. The summed E-state index contributed by atoms with van der Waals surface area (Å²) in [6, 6.07) is 3.26. The molecule has 2 heterocycles. The lowest BCUT2D eigenvalue weighted by Crippen LogP contribution is -2.40. The molecule has 96 valence electrons. The number of thiophene rings is 1. The first-order valence-corrected chi connectivity index (χ1v) is 7.29. The van der Waals surface area contributed by atoms with Gasteiger partial charge in [-0.1, -0.05) is 0 Å². The minimum absolute atomic E-state index is 0.371. The van der Waals surface area contributed by atoms with Gasteiger partial charge in [0.25, 0.3) is 0 Å². The van der Waals surface area contributed by atoms with Gasteiger partial charge in [-0.25, -0.2) is 0 Å². The Morgan fingerprint density at radius 2 is 2.47 bits per heavy atom. The number of nitrogens with two attached hydrogens (primary N) is 1. The summed E-state index contributed by atoms with van der Waals surface area (Å²) in [4.78, 5) is 4.88. The van der Waals surface area contributed by atoms with Crippen molar-refractivity contribution in [2.24, 2.45) is 5.73 Å². The Balaban J connectivity index is 1.95. The van der Waals surface area contributed by atoms with E-state index in [9.17, 15) is 0 Å². The number of likely N-dealkylation sites (N-methyl/N-ethyl adjacent to an activating group) is 2. The van der Waals surface area contributed by atoms with E-state index in [2.05, 4.69) is 40.7 Å². The first-order valence-electron chi connectivity index (χ1n) is 6.35. The van der Waals surface area contributed by atoms with Crippen molar-refractivity contribution in [3.63, 3.8) is 0 Å². The summed E-state index contributed by atoms with van der Waals surface area (Å²) in [6.07, 6.45) is 2.66. The third-order valence-corrected chi connectivity index (χ3v) is 4.55. The molecule has 0 bridgehead atoms. The molecule has 0 spiro atoms.